The van der Waals surface area contributed by atoms with Crippen molar-refractivity contribution in [2.24, 2.45) is 0 Å². The molecule has 5 heteroatoms. The van der Waals surface area contributed by atoms with E-state index in [2.05, 4.69) is 31.9 Å². The summed E-state index contributed by atoms with van der Waals surface area (Å²) in [5.74, 6) is -0.528. The van der Waals surface area contributed by atoms with Crippen molar-refractivity contribution in [1.29, 1.82) is 0 Å². The maximum atomic E-state index is 11.3. The number of aliphatic carboxylic acids is 1. The summed E-state index contributed by atoms with van der Waals surface area (Å²) in [6.45, 7) is 0. The van der Waals surface area contributed by atoms with Crippen LogP contribution in [0.15, 0.2) is 50.0 Å². The van der Waals surface area contributed by atoms with Crippen molar-refractivity contribution in [2.45, 2.75) is 0 Å². The van der Waals surface area contributed by atoms with E-state index in [1.54, 1.807) is 30.3 Å². The second-order valence-electron chi connectivity index (χ2n) is 3.50. The highest BCUT2D eigenvalue weighted by Crippen LogP contribution is 2.29. The SMILES string of the molecule is O=C(O)C(=Cc1cc(Br)c(Br)o1)c1ccccc1. The average molecular weight is 372 g/mol. The topological polar surface area (TPSA) is 50.4 Å². The van der Waals surface area contributed by atoms with E-state index in [0.717, 1.165) is 4.47 Å². The Balaban J connectivity index is 2.46. The zero-order valence-corrected chi connectivity index (χ0v) is 12.2. The third kappa shape index (κ3) is 2.91. The van der Waals surface area contributed by atoms with E-state index in [0.29, 0.717) is 16.0 Å². The number of carboxylic acid groups (broad SMARTS) is 1. The van der Waals surface area contributed by atoms with Crippen LogP contribution < -0.4 is 0 Å². The van der Waals surface area contributed by atoms with Gasteiger partial charge in [-0.15, -0.1) is 0 Å². The van der Waals surface area contributed by atoms with Crippen molar-refractivity contribution in [3.8, 4) is 0 Å². The minimum absolute atomic E-state index is 0.185. The van der Waals surface area contributed by atoms with Crippen LogP contribution in [0.3, 0.4) is 0 Å². The molecule has 92 valence electrons. The summed E-state index contributed by atoms with van der Waals surface area (Å²) in [5.41, 5.74) is 0.818. The van der Waals surface area contributed by atoms with Crippen molar-refractivity contribution >= 4 is 49.5 Å². The first kappa shape index (κ1) is 13.1. The Morgan fingerprint density at radius 3 is 2.39 bits per heavy atom. The first-order valence-corrected chi connectivity index (χ1v) is 6.62. The molecule has 0 aliphatic carbocycles. The molecule has 0 spiro atoms. The molecule has 0 saturated heterocycles. The summed E-state index contributed by atoms with van der Waals surface area (Å²) in [4.78, 5) is 11.3. The van der Waals surface area contributed by atoms with Crippen LogP contribution in [0.1, 0.15) is 11.3 Å². The second kappa shape index (κ2) is 5.54. The van der Waals surface area contributed by atoms with E-state index >= 15 is 0 Å². The zero-order valence-electron chi connectivity index (χ0n) is 9.06. The molecule has 0 unspecified atom stereocenters. The molecule has 1 aromatic carbocycles. The molecule has 1 aromatic heterocycles. The van der Waals surface area contributed by atoms with Gasteiger partial charge in [0, 0.05) is 0 Å². The van der Waals surface area contributed by atoms with E-state index in [-0.39, 0.29) is 5.57 Å². The predicted molar refractivity (Wildman–Crippen MR) is 76.1 cm³/mol. The first-order valence-electron chi connectivity index (χ1n) is 5.03. The Morgan fingerprint density at radius 2 is 1.89 bits per heavy atom. The monoisotopic (exact) mass is 370 g/mol. The van der Waals surface area contributed by atoms with E-state index in [1.165, 1.54) is 6.08 Å². The van der Waals surface area contributed by atoms with Crippen LogP contribution in [-0.2, 0) is 4.79 Å². The van der Waals surface area contributed by atoms with Gasteiger partial charge in [-0.2, -0.15) is 0 Å². The number of benzene rings is 1. The fraction of sp³-hybridized carbons (Fsp3) is 0. The molecule has 0 aliphatic heterocycles. The minimum Gasteiger partial charge on any atom is -0.478 e. The van der Waals surface area contributed by atoms with Gasteiger partial charge < -0.3 is 9.52 Å². The second-order valence-corrected chi connectivity index (χ2v) is 5.07. The lowest BCUT2D eigenvalue weighted by Gasteiger charge is -2.01. The van der Waals surface area contributed by atoms with Gasteiger partial charge in [-0.05, 0) is 49.6 Å². The molecule has 0 bridgehead atoms. The summed E-state index contributed by atoms with van der Waals surface area (Å²) in [6.07, 6.45) is 1.49. The lowest BCUT2D eigenvalue weighted by Crippen LogP contribution is -1.99. The van der Waals surface area contributed by atoms with Gasteiger partial charge in [0.25, 0.3) is 0 Å². The molecule has 0 fully saturated rings. The Morgan fingerprint density at radius 1 is 1.22 bits per heavy atom. The van der Waals surface area contributed by atoms with E-state index < -0.39 is 5.97 Å². The molecule has 0 radical (unpaired) electrons. The van der Waals surface area contributed by atoms with Crippen LogP contribution in [0.2, 0.25) is 0 Å². The zero-order chi connectivity index (χ0) is 13.1. The van der Waals surface area contributed by atoms with Gasteiger partial charge in [0.15, 0.2) is 4.67 Å². The third-order valence-corrected chi connectivity index (χ3v) is 3.98. The highest BCUT2D eigenvalue weighted by Gasteiger charge is 2.12. The summed E-state index contributed by atoms with van der Waals surface area (Å²) < 4.78 is 6.62. The molecule has 1 N–H and O–H groups in total. The van der Waals surface area contributed by atoms with Gasteiger partial charge in [0.05, 0.1) is 10.0 Å². The highest BCUT2D eigenvalue weighted by molar-refractivity contribution is 9.13. The maximum absolute atomic E-state index is 11.3. The summed E-state index contributed by atoms with van der Waals surface area (Å²) >= 11 is 6.49. The molecular weight excluding hydrogens is 364 g/mol. The van der Waals surface area contributed by atoms with Gasteiger partial charge in [-0.1, -0.05) is 30.3 Å². The van der Waals surface area contributed by atoms with Gasteiger partial charge in [0.2, 0.25) is 0 Å². The van der Waals surface area contributed by atoms with Crippen molar-refractivity contribution in [2.75, 3.05) is 0 Å². The van der Waals surface area contributed by atoms with E-state index in [4.69, 9.17) is 4.42 Å². The third-order valence-electron chi connectivity index (χ3n) is 2.27. The Bertz CT molecular complexity index is 580. The Kier molecular flexibility index (Phi) is 4.04. The van der Waals surface area contributed by atoms with Crippen LogP contribution in [-0.4, -0.2) is 11.1 Å². The van der Waals surface area contributed by atoms with Gasteiger partial charge in [0.1, 0.15) is 5.76 Å². The number of halogens is 2. The number of furan rings is 1. The van der Waals surface area contributed by atoms with Crippen molar-refractivity contribution in [3.05, 3.63) is 56.9 Å². The fourth-order valence-electron chi connectivity index (χ4n) is 1.46. The van der Waals surface area contributed by atoms with Crippen molar-refractivity contribution < 1.29 is 14.3 Å². The quantitative estimate of drug-likeness (QED) is 0.812. The Hall–Kier alpha value is -1.33. The molecule has 2 rings (SSSR count). The standard InChI is InChI=1S/C13H8Br2O3/c14-11-7-9(18-12(11)15)6-10(13(16)17)8-4-2-1-3-5-8/h1-7H,(H,16,17). The molecule has 3 nitrogen and oxygen atoms in total. The maximum Gasteiger partial charge on any atom is 0.336 e. The number of carbonyl (C=O) groups is 1. The summed E-state index contributed by atoms with van der Waals surface area (Å²) in [5, 5.41) is 9.23. The molecule has 18 heavy (non-hydrogen) atoms. The smallest absolute Gasteiger partial charge is 0.336 e. The lowest BCUT2D eigenvalue weighted by molar-refractivity contribution is -0.130. The van der Waals surface area contributed by atoms with Gasteiger partial charge >= 0.3 is 5.97 Å². The van der Waals surface area contributed by atoms with E-state index in [1.807, 2.05) is 6.07 Å². The van der Waals surface area contributed by atoms with Crippen LogP contribution >= 0.6 is 31.9 Å². The van der Waals surface area contributed by atoms with Crippen LogP contribution in [0.4, 0.5) is 0 Å². The summed E-state index contributed by atoms with van der Waals surface area (Å²) in [6, 6.07) is 10.6. The lowest BCUT2D eigenvalue weighted by atomic mass is 10.1. The molecule has 2 aromatic rings. The number of rotatable bonds is 3. The van der Waals surface area contributed by atoms with Gasteiger partial charge in [-0.25, -0.2) is 4.79 Å². The van der Waals surface area contributed by atoms with Crippen LogP contribution in [0.5, 0.6) is 0 Å². The number of hydrogen-bond donors (Lipinski definition) is 1. The molecule has 0 atom stereocenters. The normalized spacial score (nSPS) is 11.6. The first-order chi connectivity index (χ1) is 8.58. The van der Waals surface area contributed by atoms with Crippen LogP contribution in [0.25, 0.3) is 11.6 Å². The minimum atomic E-state index is -0.996. The Labute approximate surface area is 120 Å². The number of hydrogen-bond acceptors (Lipinski definition) is 2. The van der Waals surface area contributed by atoms with Crippen molar-refractivity contribution in [3.63, 3.8) is 0 Å². The van der Waals surface area contributed by atoms with E-state index in [9.17, 15) is 9.90 Å². The average Bonchev–Trinajstić information content (AvgIpc) is 2.66. The fourth-order valence-corrected chi connectivity index (χ4v) is 2.07. The largest absolute Gasteiger partial charge is 0.478 e. The molecule has 0 aliphatic rings. The van der Waals surface area contributed by atoms with Crippen molar-refractivity contribution in [1.82, 2.24) is 0 Å². The molecule has 1 heterocycles. The van der Waals surface area contributed by atoms with Gasteiger partial charge in [-0.3, -0.25) is 0 Å². The predicted octanol–water partition coefficient (Wildman–Crippen LogP) is 4.43. The molecule has 0 amide bonds. The molecular formula is C13H8Br2O3. The number of carboxylic acids is 1. The van der Waals surface area contributed by atoms with Crippen LogP contribution in [0, 0.1) is 0 Å². The highest BCUT2D eigenvalue weighted by atomic mass is 79.9. The summed E-state index contributed by atoms with van der Waals surface area (Å²) in [7, 11) is 0. The molecule has 0 saturated carbocycles.